The van der Waals surface area contributed by atoms with E-state index in [1.807, 2.05) is 12.2 Å². The highest BCUT2D eigenvalue weighted by Gasteiger charge is 1.98. The maximum atomic E-state index is 5.44. The van der Waals surface area contributed by atoms with Gasteiger partial charge in [-0.25, -0.2) is 0 Å². The van der Waals surface area contributed by atoms with Crippen molar-refractivity contribution >= 4 is 11.8 Å². The summed E-state index contributed by atoms with van der Waals surface area (Å²) in [5.74, 6) is 0.869. The summed E-state index contributed by atoms with van der Waals surface area (Å²) >= 11 is 0. The molecule has 0 bridgehead atoms. The Kier molecular flexibility index (Phi) is 4.78. The predicted octanol–water partition coefficient (Wildman–Crippen LogP) is 5.00. The molecule has 0 aromatic heterocycles. The van der Waals surface area contributed by atoms with E-state index in [4.69, 9.17) is 4.74 Å². The second-order valence-electron chi connectivity index (χ2n) is 4.87. The zero-order valence-corrected chi connectivity index (χ0v) is 12.3. The van der Waals surface area contributed by atoms with E-state index in [2.05, 4.69) is 68.5 Å². The zero-order chi connectivity index (χ0) is 14.4. The summed E-state index contributed by atoms with van der Waals surface area (Å²) in [6.45, 7) is 4.17. The molecule has 102 valence electrons. The summed E-state index contributed by atoms with van der Waals surface area (Å²) in [5.41, 5.74) is 4.80. The van der Waals surface area contributed by atoms with Crippen molar-refractivity contribution in [1.29, 1.82) is 0 Å². The first kappa shape index (κ1) is 14.1. The number of allylic oxidation sites excluding steroid dienone is 2. The molecule has 0 aliphatic rings. The Morgan fingerprint density at radius 1 is 0.850 bits per heavy atom. The first-order valence-corrected chi connectivity index (χ1v) is 6.75. The highest BCUT2D eigenvalue weighted by Crippen LogP contribution is 2.16. The fourth-order valence-electron chi connectivity index (χ4n) is 1.92. The molecule has 20 heavy (non-hydrogen) atoms. The minimum Gasteiger partial charge on any atom is -0.496 e. The molecule has 0 N–H and O–H groups in total. The average molecular weight is 264 g/mol. The van der Waals surface area contributed by atoms with Crippen molar-refractivity contribution in [3.8, 4) is 0 Å². The van der Waals surface area contributed by atoms with Gasteiger partial charge in [0, 0.05) is 5.56 Å². The second-order valence-corrected chi connectivity index (χ2v) is 4.87. The highest BCUT2D eigenvalue weighted by atomic mass is 16.5. The van der Waals surface area contributed by atoms with E-state index in [1.54, 1.807) is 7.11 Å². The normalized spacial score (nSPS) is 11.8. The molecular weight excluding hydrogens is 244 g/mol. The molecule has 0 heterocycles. The molecular formula is C19H20O. The minimum absolute atomic E-state index is 0.869. The van der Waals surface area contributed by atoms with Crippen molar-refractivity contribution in [2.75, 3.05) is 7.11 Å². The molecule has 0 amide bonds. The molecule has 2 aromatic rings. The molecule has 0 unspecified atom stereocenters. The first-order chi connectivity index (χ1) is 9.69. The second kappa shape index (κ2) is 6.76. The molecule has 1 nitrogen and oxygen atoms in total. The van der Waals surface area contributed by atoms with Gasteiger partial charge in [-0.05, 0) is 25.5 Å². The number of benzene rings is 2. The molecule has 0 aliphatic carbocycles. The number of hydrogen-bond acceptors (Lipinski definition) is 1. The summed E-state index contributed by atoms with van der Waals surface area (Å²) in [4.78, 5) is 0. The van der Waals surface area contributed by atoms with Crippen LogP contribution in [0.4, 0.5) is 0 Å². The molecule has 0 spiro atoms. The quantitative estimate of drug-likeness (QED) is 0.557. The van der Waals surface area contributed by atoms with Crippen LogP contribution in [0.25, 0.3) is 11.8 Å². The fourth-order valence-corrected chi connectivity index (χ4v) is 1.92. The molecule has 2 rings (SSSR count). The van der Waals surface area contributed by atoms with Gasteiger partial charge in [0.1, 0.15) is 5.76 Å². The molecule has 0 atom stereocenters. The van der Waals surface area contributed by atoms with Crippen LogP contribution in [0.15, 0.2) is 60.7 Å². The number of rotatable bonds is 4. The highest BCUT2D eigenvalue weighted by molar-refractivity contribution is 5.64. The molecule has 1 heteroatoms. The van der Waals surface area contributed by atoms with Crippen LogP contribution < -0.4 is 0 Å². The van der Waals surface area contributed by atoms with Crippen molar-refractivity contribution in [3.05, 3.63) is 82.9 Å². The number of ether oxygens (including phenoxy) is 1. The standard InChI is InChI=1S/C19H20O/c1-15-7-11-17(12-8-15)5-4-6-19(20-3)18-13-9-16(2)10-14-18/h4-14H,1-3H3/b5-4+,19-6+. The third-order valence-electron chi connectivity index (χ3n) is 3.17. The van der Waals surface area contributed by atoms with Crippen molar-refractivity contribution in [1.82, 2.24) is 0 Å². The number of aryl methyl sites for hydroxylation is 2. The summed E-state index contributed by atoms with van der Waals surface area (Å²) in [5, 5.41) is 0. The lowest BCUT2D eigenvalue weighted by Gasteiger charge is -2.05. The van der Waals surface area contributed by atoms with Crippen LogP contribution in [0.5, 0.6) is 0 Å². The molecule has 0 fully saturated rings. The average Bonchev–Trinajstić information content (AvgIpc) is 2.47. The lowest BCUT2D eigenvalue weighted by molar-refractivity contribution is 0.370. The van der Waals surface area contributed by atoms with Crippen LogP contribution in [0.1, 0.15) is 22.3 Å². The Balaban J connectivity index is 2.15. The third-order valence-corrected chi connectivity index (χ3v) is 3.17. The summed E-state index contributed by atoms with van der Waals surface area (Å²) < 4.78 is 5.44. The Bertz CT molecular complexity index is 601. The molecule has 2 aromatic carbocycles. The van der Waals surface area contributed by atoms with Crippen molar-refractivity contribution in [2.45, 2.75) is 13.8 Å². The van der Waals surface area contributed by atoms with E-state index in [9.17, 15) is 0 Å². The molecule has 0 aliphatic heterocycles. The van der Waals surface area contributed by atoms with Gasteiger partial charge >= 0.3 is 0 Å². The minimum atomic E-state index is 0.869. The van der Waals surface area contributed by atoms with Gasteiger partial charge in [0.2, 0.25) is 0 Å². The van der Waals surface area contributed by atoms with Gasteiger partial charge in [0.05, 0.1) is 7.11 Å². The third kappa shape index (κ3) is 3.86. The van der Waals surface area contributed by atoms with Gasteiger partial charge in [-0.15, -0.1) is 0 Å². The van der Waals surface area contributed by atoms with Gasteiger partial charge in [0.15, 0.2) is 0 Å². The Labute approximate surface area is 121 Å². The largest absolute Gasteiger partial charge is 0.496 e. The fraction of sp³-hybridized carbons (Fsp3) is 0.158. The van der Waals surface area contributed by atoms with E-state index in [0.29, 0.717) is 0 Å². The van der Waals surface area contributed by atoms with Crippen LogP contribution in [0.3, 0.4) is 0 Å². The van der Waals surface area contributed by atoms with E-state index in [-0.39, 0.29) is 0 Å². The van der Waals surface area contributed by atoms with Gasteiger partial charge in [-0.1, -0.05) is 71.8 Å². The Morgan fingerprint density at radius 3 is 1.95 bits per heavy atom. The van der Waals surface area contributed by atoms with Crippen LogP contribution in [0.2, 0.25) is 0 Å². The van der Waals surface area contributed by atoms with Crippen LogP contribution in [-0.2, 0) is 4.74 Å². The van der Waals surface area contributed by atoms with Crippen molar-refractivity contribution in [3.63, 3.8) is 0 Å². The van der Waals surface area contributed by atoms with Gasteiger partial charge in [0.25, 0.3) is 0 Å². The van der Waals surface area contributed by atoms with E-state index in [0.717, 1.165) is 11.3 Å². The summed E-state index contributed by atoms with van der Waals surface area (Å²) in [6, 6.07) is 16.8. The summed E-state index contributed by atoms with van der Waals surface area (Å²) in [7, 11) is 1.70. The monoisotopic (exact) mass is 264 g/mol. The Morgan fingerprint density at radius 2 is 1.40 bits per heavy atom. The molecule has 0 saturated heterocycles. The Hall–Kier alpha value is -2.28. The zero-order valence-electron chi connectivity index (χ0n) is 12.3. The summed E-state index contributed by atoms with van der Waals surface area (Å²) in [6.07, 6.45) is 6.08. The number of methoxy groups -OCH3 is 1. The lowest BCUT2D eigenvalue weighted by atomic mass is 10.1. The van der Waals surface area contributed by atoms with Crippen LogP contribution in [-0.4, -0.2) is 7.11 Å². The molecule has 0 saturated carbocycles. The van der Waals surface area contributed by atoms with Crippen LogP contribution >= 0.6 is 0 Å². The smallest absolute Gasteiger partial charge is 0.126 e. The topological polar surface area (TPSA) is 9.23 Å². The van der Waals surface area contributed by atoms with E-state index in [1.165, 1.54) is 16.7 Å². The molecule has 0 radical (unpaired) electrons. The lowest BCUT2D eigenvalue weighted by Crippen LogP contribution is -1.86. The van der Waals surface area contributed by atoms with Crippen molar-refractivity contribution in [2.24, 2.45) is 0 Å². The van der Waals surface area contributed by atoms with E-state index < -0.39 is 0 Å². The maximum absolute atomic E-state index is 5.44. The first-order valence-electron chi connectivity index (χ1n) is 6.75. The van der Waals surface area contributed by atoms with Gasteiger partial charge in [-0.2, -0.15) is 0 Å². The van der Waals surface area contributed by atoms with Gasteiger partial charge < -0.3 is 4.74 Å². The van der Waals surface area contributed by atoms with Crippen LogP contribution in [0, 0.1) is 13.8 Å². The predicted molar refractivity (Wildman–Crippen MR) is 86.4 cm³/mol. The maximum Gasteiger partial charge on any atom is 0.126 e. The van der Waals surface area contributed by atoms with Gasteiger partial charge in [-0.3, -0.25) is 0 Å². The SMILES string of the molecule is CO/C(=C/C=C/c1ccc(C)cc1)c1ccc(C)cc1. The number of hydrogen-bond donors (Lipinski definition) is 0. The van der Waals surface area contributed by atoms with E-state index >= 15 is 0 Å². The van der Waals surface area contributed by atoms with Crippen molar-refractivity contribution < 1.29 is 4.74 Å².